The first-order chi connectivity index (χ1) is 7.74. The average Bonchev–Trinajstić information content (AvgIpc) is 2.27. The Labute approximate surface area is 94.2 Å². The van der Waals surface area contributed by atoms with Gasteiger partial charge in [0, 0.05) is 5.56 Å². The van der Waals surface area contributed by atoms with Crippen molar-refractivity contribution in [1.29, 1.82) is 0 Å². The van der Waals surface area contributed by atoms with Gasteiger partial charge in [-0.3, -0.25) is 4.79 Å². The molecule has 0 aliphatic carbocycles. The third kappa shape index (κ3) is 4.40. The van der Waals surface area contributed by atoms with E-state index in [9.17, 15) is 9.18 Å². The predicted molar refractivity (Wildman–Crippen MR) is 57.3 cm³/mol. The van der Waals surface area contributed by atoms with Crippen LogP contribution in [0.4, 0.5) is 4.39 Å². The third-order valence-corrected chi connectivity index (χ3v) is 1.97. The van der Waals surface area contributed by atoms with Crippen LogP contribution in [0.15, 0.2) is 24.3 Å². The zero-order chi connectivity index (χ0) is 11.8. The quantitative estimate of drug-likeness (QED) is 0.551. The molecule has 0 radical (unpaired) electrons. The molecule has 1 rings (SSSR count). The van der Waals surface area contributed by atoms with Crippen molar-refractivity contribution in [1.82, 2.24) is 0 Å². The Morgan fingerprint density at radius 3 is 2.81 bits per heavy atom. The van der Waals surface area contributed by atoms with Crippen LogP contribution in [0.1, 0.15) is 18.9 Å². The number of hydrogen-bond acceptors (Lipinski definition) is 3. The number of halogens is 1. The molecule has 0 fully saturated rings. The number of esters is 1. The maximum Gasteiger partial charge on any atom is 0.308 e. The van der Waals surface area contributed by atoms with Gasteiger partial charge in [-0.05, 0) is 13.0 Å². The second-order valence-corrected chi connectivity index (χ2v) is 3.20. The zero-order valence-electron chi connectivity index (χ0n) is 9.24. The lowest BCUT2D eigenvalue weighted by molar-refractivity contribution is -0.144. The molecule has 1 aromatic rings. The highest BCUT2D eigenvalue weighted by Crippen LogP contribution is 2.07. The van der Waals surface area contributed by atoms with Crippen LogP contribution in [0.5, 0.6) is 0 Å². The summed E-state index contributed by atoms with van der Waals surface area (Å²) in [5.74, 6) is -0.588. The Bertz CT molecular complexity index is 339. The summed E-state index contributed by atoms with van der Waals surface area (Å²) in [6.07, 6.45) is 0.197. The molecule has 0 bridgehead atoms. The van der Waals surface area contributed by atoms with Crippen molar-refractivity contribution in [3.63, 3.8) is 0 Å². The predicted octanol–water partition coefficient (Wildman–Crippen LogP) is 2.30. The molecule has 3 nitrogen and oxygen atoms in total. The van der Waals surface area contributed by atoms with Crippen LogP contribution in [-0.4, -0.2) is 19.2 Å². The summed E-state index contributed by atoms with van der Waals surface area (Å²) in [6.45, 7) is 2.53. The molecule has 0 heterocycles. The summed E-state index contributed by atoms with van der Waals surface area (Å²) in [4.78, 5) is 10.9. The summed E-state index contributed by atoms with van der Waals surface area (Å²) < 4.78 is 23.0. The molecule has 0 amide bonds. The fraction of sp³-hybridized carbons (Fsp3) is 0.417. The van der Waals surface area contributed by atoms with E-state index in [1.54, 1.807) is 25.1 Å². The highest BCUT2D eigenvalue weighted by molar-refractivity contribution is 5.69. The molecule has 0 spiro atoms. The molecule has 0 unspecified atom stereocenters. The van der Waals surface area contributed by atoms with Gasteiger partial charge in [-0.15, -0.1) is 0 Å². The molecular formula is C12H15FO3. The maximum absolute atomic E-state index is 13.1. The fourth-order valence-electron chi connectivity index (χ4n) is 1.19. The van der Waals surface area contributed by atoms with E-state index in [0.717, 1.165) is 0 Å². The molecule has 4 heteroatoms. The van der Waals surface area contributed by atoms with Crippen molar-refractivity contribution in [2.24, 2.45) is 0 Å². The van der Waals surface area contributed by atoms with Crippen LogP contribution in [0.2, 0.25) is 0 Å². The van der Waals surface area contributed by atoms with Gasteiger partial charge < -0.3 is 9.47 Å². The highest BCUT2D eigenvalue weighted by Gasteiger charge is 2.03. The monoisotopic (exact) mass is 226 g/mol. The van der Waals surface area contributed by atoms with Crippen molar-refractivity contribution < 1.29 is 18.7 Å². The van der Waals surface area contributed by atoms with E-state index < -0.39 is 0 Å². The van der Waals surface area contributed by atoms with Crippen molar-refractivity contribution >= 4 is 5.97 Å². The first-order valence-electron chi connectivity index (χ1n) is 5.20. The maximum atomic E-state index is 13.1. The average molecular weight is 226 g/mol. The first kappa shape index (κ1) is 12.6. The number of rotatable bonds is 6. The van der Waals surface area contributed by atoms with Gasteiger partial charge in [-0.25, -0.2) is 4.39 Å². The van der Waals surface area contributed by atoms with E-state index in [-0.39, 0.29) is 31.4 Å². The molecular weight excluding hydrogens is 211 g/mol. The van der Waals surface area contributed by atoms with Crippen molar-refractivity contribution in [2.45, 2.75) is 20.0 Å². The van der Waals surface area contributed by atoms with E-state index in [2.05, 4.69) is 0 Å². The van der Waals surface area contributed by atoms with E-state index in [0.29, 0.717) is 12.2 Å². The molecule has 0 N–H and O–H groups in total. The van der Waals surface area contributed by atoms with E-state index in [4.69, 9.17) is 9.47 Å². The van der Waals surface area contributed by atoms with Gasteiger partial charge >= 0.3 is 5.97 Å². The lowest BCUT2D eigenvalue weighted by atomic mass is 10.2. The Balaban J connectivity index is 2.21. The summed E-state index contributed by atoms with van der Waals surface area (Å²) in [5, 5.41) is 0. The van der Waals surface area contributed by atoms with Gasteiger partial charge in [0.05, 0.1) is 26.2 Å². The standard InChI is InChI=1S/C12H15FO3/c1-2-16-12(14)7-8-15-9-10-5-3-4-6-11(10)13/h3-6H,2,7-9H2,1H3. The zero-order valence-corrected chi connectivity index (χ0v) is 9.24. The molecule has 0 aliphatic rings. The topological polar surface area (TPSA) is 35.5 Å². The molecule has 0 aliphatic heterocycles. The van der Waals surface area contributed by atoms with E-state index in [1.165, 1.54) is 6.07 Å². The van der Waals surface area contributed by atoms with Crippen LogP contribution >= 0.6 is 0 Å². The van der Waals surface area contributed by atoms with E-state index >= 15 is 0 Å². The summed E-state index contributed by atoms with van der Waals surface area (Å²) in [7, 11) is 0. The van der Waals surface area contributed by atoms with Gasteiger partial charge in [0.2, 0.25) is 0 Å². The molecule has 0 atom stereocenters. The Morgan fingerprint density at radius 2 is 2.12 bits per heavy atom. The molecule has 0 saturated heterocycles. The van der Waals surface area contributed by atoms with Gasteiger partial charge in [-0.2, -0.15) is 0 Å². The minimum atomic E-state index is -0.295. The van der Waals surface area contributed by atoms with Crippen LogP contribution in [-0.2, 0) is 20.9 Å². The molecule has 88 valence electrons. The number of hydrogen-bond donors (Lipinski definition) is 0. The van der Waals surface area contributed by atoms with E-state index in [1.807, 2.05) is 0 Å². The number of carbonyl (C=O) groups excluding carboxylic acids is 1. The SMILES string of the molecule is CCOC(=O)CCOCc1ccccc1F. The minimum absolute atomic E-state index is 0.173. The van der Waals surface area contributed by atoms with Crippen molar-refractivity contribution in [3.8, 4) is 0 Å². The highest BCUT2D eigenvalue weighted by atomic mass is 19.1. The number of ether oxygens (including phenoxy) is 2. The number of carbonyl (C=O) groups is 1. The second kappa shape index (κ2) is 6.95. The molecule has 0 saturated carbocycles. The third-order valence-electron chi connectivity index (χ3n) is 1.97. The Morgan fingerprint density at radius 1 is 1.38 bits per heavy atom. The van der Waals surface area contributed by atoms with Crippen LogP contribution < -0.4 is 0 Å². The Kier molecular flexibility index (Phi) is 5.50. The summed E-state index contributed by atoms with van der Waals surface area (Å²) in [6, 6.07) is 6.40. The van der Waals surface area contributed by atoms with Crippen molar-refractivity contribution in [3.05, 3.63) is 35.6 Å². The number of benzene rings is 1. The smallest absolute Gasteiger partial charge is 0.308 e. The summed E-state index contributed by atoms with van der Waals surface area (Å²) in [5.41, 5.74) is 0.492. The molecule has 16 heavy (non-hydrogen) atoms. The second-order valence-electron chi connectivity index (χ2n) is 3.20. The molecule has 1 aromatic carbocycles. The van der Waals surface area contributed by atoms with Crippen molar-refractivity contribution in [2.75, 3.05) is 13.2 Å². The van der Waals surface area contributed by atoms with Crippen LogP contribution in [0, 0.1) is 5.82 Å². The Hall–Kier alpha value is -1.42. The van der Waals surface area contributed by atoms with Gasteiger partial charge in [-0.1, -0.05) is 18.2 Å². The fourth-order valence-corrected chi connectivity index (χ4v) is 1.19. The molecule has 0 aromatic heterocycles. The van der Waals surface area contributed by atoms with Crippen LogP contribution in [0.3, 0.4) is 0 Å². The normalized spacial score (nSPS) is 10.1. The van der Waals surface area contributed by atoms with Crippen LogP contribution in [0.25, 0.3) is 0 Å². The summed E-state index contributed by atoms with van der Waals surface area (Å²) >= 11 is 0. The van der Waals surface area contributed by atoms with Gasteiger partial charge in [0.15, 0.2) is 0 Å². The lowest BCUT2D eigenvalue weighted by Crippen LogP contribution is -2.08. The van der Waals surface area contributed by atoms with Gasteiger partial charge in [0.25, 0.3) is 0 Å². The first-order valence-corrected chi connectivity index (χ1v) is 5.20. The van der Waals surface area contributed by atoms with Gasteiger partial charge in [0.1, 0.15) is 5.82 Å². The largest absolute Gasteiger partial charge is 0.466 e. The lowest BCUT2D eigenvalue weighted by Gasteiger charge is -2.05. The minimum Gasteiger partial charge on any atom is -0.466 e.